The van der Waals surface area contributed by atoms with Gasteiger partial charge in [0.05, 0.1) is 47.2 Å². The van der Waals surface area contributed by atoms with Gasteiger partial charge >= 0.3 is 0 Å². The average Bonchev–Trinajstić information content (AvgIpc) is 3.96. The number of nitriles is 1. The van der Waals surface area contributed by atoms with Crippen molar-refractivity contribution in [1.29, 1.82) is 5.26 Å². The number of ether oxygens (including phenoxy) is 1. The molecule has 388 valence electrons. The molecule has 8 rings (SSSR count). The zero-order valence-corrected chi connectivity index (χ0v) is 42.6. The molecule has 2 N–H and O–H groups in total. The first-order valence-corrected chi connectivity index (χ1v) is 25.1. The maximum atomic E-state index is 14.3. The lowest BCUT2D eigenvalue weighted by atomic mass is 9.86. The van der Waals surface area contributed by atoms with E-state index in [0.717, 1.165) is 105 Å². The predicted octanol–water partition coefficient (Wildman–Crippen LogP) is 6.85. The van der Waals surface area contributed by atoms with Gasteiger partial charge in [-0.15, -0.1) is 0 Å². The normalized spacial score (nSPS) is 15.8. The summed E-state index contributed by atoms with van der Waals surface area (Å²) in [4.78, 5) is 71.0. The summed E-state index contributed by atoms with van der Waals surface area (Å²) in [5.74, 6) is -0.248. The van der Waals surface area contributed by atoms with E-state index in [2.05, 4.69) is 43.7 Å². The van der Waals surface area contributed by atoms with Crippen LogP contribution in [-0.2, 0) is 20.9 Å². The number of pyridine rings is 2. The van der Waals surface area contributed by atoms with E-state index >= 15 is 0 Å². The molecule has 16 nitrogen and oxygen atoms in total. The summed E-state index contributed by atoms with van der Waals surface area (Å²) in [6.07, 6.45) is 14.3. The highest BCUT2D eigenvalue weighted by atomic mass is 19.1. The van der Waals surface area contributed by atoms with Gasteiger partial charge in [-0.05, 0) is 159 Å². The molecule has 0 spiro atoms. The molecule has 2 aromatic carbocycles. The summed E-state index contributed by atoms with van der Waals surface area (Å²) in [5, 5.41) is 19.7. The number of likely N-dealkylation sites (tertiary alicyclic amines) is 1. The van der Waals surface area contributed by atoms with Crippen LogP contribution in [-0.4, -0.2) is 146 Å². The SMILES string of the molecule is CCOc1cc(-c2ccc(N3CCC(CN(C)C)(NC(=O)c4cc(F)ccc4F)CC3)nc2)c2c(C#N)cnn2c1.CNC.O=CCCCCN1CCC(c2ccc3c(c2)CN(C(C=O)CCC=O)C3=O)CC1. The maximum absolute atomic E-state index is 14.3. The van der Waals surface area contributed by atoms with Gasteiger partial charge in [0.2, 0.25) is 0 Å². The fraction of sp³-hybridized carbons (Fsp3) is 0.455. The van der Waals surface area contributed by atoms with Crippen molar-refractivity contribution in [2.75, 3.05) is 79.0 Å². The fourth-order valence-electron chi connectivity index (χ4n) is 9.92. The van der Waals surface area contributed by atoms with Gasteiger partial charge in [-0.2, -0.15) is 10.4 Å². The fourth-order valence-corrected chi connectivity index (χ4v) is 9.92. The zero-order valence-electron chi connectivity index (χ0n) is 42.6. The quantitative estimate of drug-likeness (QED) is 0.0648. The average molecular weight is 1000 g/mol. The summed E-state index contributed by atoms with van der Waals surface area (Å²) in [6, 6.07) is 16.4. The number of fused-ring (bicyclic) bond motifs is 2. The molecule has 1 atom stereocenters. The molecule has 2 fully saturated rings. The molecular weight excluding hydrogens is 935 g/mol. The third kappa shape index (κ3) is 14.2. The first-order chi connectivity index (χ1) is 35.3. The number of rotatable bonds is 19. The maximum Gasteiger partial charge on any atom is 0.255 e. The minimum Gasteiger partial charge on any atom is -0.492 e. The van der Waals surface area contributed by atoms with Crippen LogP contribution in [0.15, 0.2) is 73.2 Å². The first-order valence-electron chi connectivity index (χ1n) is 25.1. The van der Waals surface area contributed by atoms with E-state index < -0.39 is 29.1 Å². The number of amides is 2. The largest absolute Gasteiger partial charge is 0.492 e. The van der Waals surface area contributed by atoms with Crippen molar-refractivity contribution in [3.05, 3.63) is 113 Å². The third-order valence-electron chi connectivity index (χ3n) is 13.5. The molecule has 5 aromatic rings. The van der Waals surface area contributed by atoms with Crippen LogP contribution < -0.4 is 20.3 Å². The van der Waals surface area contributed by atoms with Crippen LogP contribution >= 0.6 is 0 Å². The van der Waals surface area contributed by atoms with Gasteiger partial charge in [-0.3, -0.25) is 9.59 Å². The third-order valence-corrected chi connectivity index (χ3v) is 13.5. The van der Waals surface area contributed by atoms with E-state index in [-0.39, 0.29) is 17.9 Å². The molecule has 3 aromatic heterocycles. The Balaban J connectivity index is 0.000000238. The highest BCUT2D eigenvalue weighted by Gasteiger charge is 2.38. The Morgan fingerprint density at radius 2 is 1.70 bits per heavy atom. The molecule has 18 heteroatoms. The molecule has 0 aliphatic carbocycles. The minimum absolute atomic E-state index is 0.111. The van der Waals surface area contributed by atoms with Crippen molar-refractivity contribution in [1.82, 2.24) is 39.9 Å². The number of nitrogens with zero attached hydrogens (tertiary/aromatic N) is 8. The Bertz CT molecular complexity index is 2710. The Hall–Kier alpha value is -6.94. The van der Waals surface area contributed by atoms with Crippen molar-refractivity contribution < 1.29 is 37.5 Å². The number of benzene rings is 2. The number of anilines is 1. The highest BCUT2D eigenvalue weighted by molar-refractivity contribution is 6.00. The molecule has 2 amide bonds. The van der Waals surface area contributed by atoms with Crippen LogP contribution in [0.3, 0.4) is 0 Å². The predicted molar refractivity (Wildman–Crippen MR) is 276 cm³/mol. The number of hydrogen-bond donors (Lipinski definition) is 2. The van der Waals surface area contributed by atoms with Gasteiger partial charge in [-0.1, -0.05) is 12.1 Å². The lowest BCUT2D eigenvalue weighted by Crippen LogP contribution is -2.60. The molecule has 0 bridgehead atoms. The van der Waals surface area contributed by atoms with E-state index in [0.29, 0.717) is 86.8 Å². The van der Waals surface area contributed by atoms with E-state index in [1.165, 1.54) is 11.8 Å². The molecule has 6 heterocycles. The molecule has 73 heavy (non-hydrogen) atoms. The van der Waals surface area contributed by atoms with E-state index in [1.54, 1.807) is 21.8 Å². The Morgan fingerprint density at radius 1 is 0.959 bits per heavy atom. The summed E-state index contributed by atoms with van der Waals surface area (Å²) < 4.78 is 35.4. The molecule has 3 aliphatic rings. The van der Waals surface area contributed by atoms with Gasteiger partial charge in [-0.25, -0.2) is 18.3 Å². The Kier molecular flexibility index (Phi) is 20.2. The summed E-state index contributed by atoms with van der Waals surface area (Å²) in [6.45, 7) is 7.79. The van der Waals surface area contributed by atoms with Crippen molar-refractivity contribution in [2.45, 2.75) is 88.8 Å². The number of halogens is 2. The number of likely N-dealkylation sites (N-methyl/N-ethyl adjacent to an activating group) is 1. The second kappa shape index (κ2) is 26.7. The number of carbonyl (C=O) groups is 5. The lowest BCUT2D eigenvalue weighted by molar-refractivity contribution is -0.112. The van der Waals surface area contributed by atoms with Gasteiger partial charge < -0.3 is 49.4 Å². The topological polar surface area (TPSA) is 186 Å². The van der Waals surface area contributed by atoms with E-state index in [1.807, 2.05) is 64.3 Å². The Morgan fingerprint density at radius 3 is 2.34 bits per heavy atom. The molecule has 1 unspecified atom stereocenters. The van der Waals surface area contributed by atoms with Crippen LogP contribution in [0.1, 0.15) is 108 Å². The smallest absolute Gasteiger partial charge is 0.255 e. The van der Waals surface area contributed by atoms with Crippen molar-refractivity contribution in [3.63, 3.8) is 0 Å². The lowest BCUT2D eigenvalue weighted by Gasteiger charge is -2.44. The van der Waals surface area contributed by atoms with Crippen molar-refractivity contribution in [2.24, 2.45) is 0 Å². The second-order valence-corrected chi connectivity index (χ2v) is 19.0. The number of aromatic nitrogens is 3. The van der Waals surface area contributed by atoms with Crippen LogP contribution in [0.4, 0.5) is 14.6 Å². The molecular formula is C55H68F2N10O6. The monoisotopic (exact) mass is 1000 g/mol. The van der Waals surface area contributed by atoms with Crippen molar-refractivity contribution >= 4 is 42.0 Å². The highest BCUT2D eigenvalue weighted by Crippen LogP contribution is 2.35. The summed E-state index contributed by atoms with van der Waals surface area (Å²) in [5.41, 5.74) is 4.78. The van der Waals surface area contributed by atoms with Gasteiger partial charge in [0.1, 0.15) is 48.1 Å². The zero-order chi connectivity index (χ0) is 52.5. The van der Waals surface area contributed by atoms with E-state index in [9.17, 15) is 38.0 Å². The minimum atomic E-state index is -0.757. The van der Waals surface area contributed by atoms with Crippen LogP contribution in [0.2, 0.25) is 0 Å². The number of unbranched alkanes of at least 4 members (excludes halogenated alkanes) is 2. The van der Waals surface area contributed by atoms with Gasteiger partial charge in [0, 0.05) is 61.9 Å². The summed E-state index contributed by atoms with van der Waals surface area (Å²) >= 11 is 0. The number of aldehydes is 3. The van der Waals surface area contributed by atoms with E-state index in [4.69, 9.17) is 9.72 Å². The first kappa shape index (κ1) is 55.4. The standard InChI is InChI=1S/C30H31F2N7O2.C23H30N2O4.C2H7N/c1-4-41-23-14-24(28-21(15-33)17-35-39(28)18-23)20-5-8-27(34-16-20)38-11-9-30(10-12-38,19-37(2)3)36-29(40)25-13-22(31)6-7-26(25)32;26-13-3-1-2-10-24-11-8-18(9-12-24)19-6-7-22-20(15-19)16-25(23(22)29)21(17-28)5-4-14-27;1-3-2/h5-8,13-14,16-18H,4,9-12,19H2,1-3H3,(H,36,40);6-7,13-15,17-18,21H,1-5,8-12,16H2;3H,1-2H3. The molecule has 0 saturated carbocycles. The molecule has 0 radical (unpaired) electrons. The van der Waals surface area contributed by atoms with Gasteiger partial charge in [0.25, 0.3) is 11.8 Å². The molecule has 2 saturated heterocycles. The number of piperidine rings is 2. The van der Waals surface area contributed by atoms with Crippen molar-refractivity contribution in [3.8, 4) is 22.9 Å². The van der Waals surface area contributed by atoms with Gasteiger partial charge in [0.15, 0.2) is 0 Å². The second-order valence-electron chi connectivity index (χ2n) is 19.0. The van der Waals surface area contributed by atoms with Crippen LogP contribution in [0.25, 0.3) is 16.6 Å². The van der Waals surface area contributed by atoms with Crippen LogP contribution in [0.5, 0.6) is 5.75 Å². The number of hydrogen-bond acceptors (Lipinski definition) is 13. The van der Waals surface area contributed by atoms with Crippen LogP contribution in [0, 0.1) is 23.0 Å². The Labute approximate surface area is 426 Å². The number of nitrogens with one attached hydrogen (secondary N) is 2. The number of carbonyl (C=O) groups excluding carboxylic acids is 5. The summed E-state index contributed by atoms with van der Waals surface area (Å²) in [7, 11) is 7.58. The molecule has 3 aliphatic heterocycles.